The minimum atomic E-state index is 0.0206. The summed E-state index contributed by atoms with van der Waals surface area (Å²) < 4.78 is 18.0. The Morgan fingerprint density at radius 3 is 2.04 bits per heavy atom. The van der Waals surface area contributed by atoms with E-state index in [4.69, 9.17) is 4.74 Å². The number of hydrogen-bond acceptors (Lipinski definition) is 1. The summed E-state index contributed by atoms with van der Waals surface area (Å²) in [6.45, 7) is 8.80. The number of halogens is 1. The molecule has 0 aromatic heterocycles. The first-order valence-electron chi connectivity index (χ1n) is 9.93. The molecule has 0 saturated heterocycles. The van der Waals surface area contributed by atoms with Crippen LogP contribution in [0.4, 0.5) is 4.39 Å². The zero-order valence-corrected chi connectivity index (χ0v) is 17.6. The van der Waals surface area contributed by atoms with Gasteiger partial charge in [-0.2, -0.15) is 0 Å². The van der Waals surface area contributed by atoms with Crippen molar-refractivity contribution < 1.29 is 9.13 Å². The summed E-state index contributed by atoms with van der Waals surface area (Å²) in [6.07, 6.45) is 10.0. The van der Waals surface area contributed by atoms with Gasteiger partial charge in [0.05, 0.1) is 0 Å². The summed E-state index contributed by atoms with van der Waals surface area (Å²) in [4.78, 5) is 0. The Morgan fingerprint density at radius 1 is 0.893 bits per heavy atom. The molecular weight excluding hydrogens is 347 g/mol. The van der Waals surface area contributed by atoms with Crippen molar-refractivity contribution in [3.63, 3.8) is 0 Å². The first-order valence-corrected chi connectivity index (χ1v) is 9.93. The van der Waals surface area contributed by atoms with E-state index >= 15 is 0 Å². The molecule has 0 amide bonds. The fraction of sp³-hybridized carbons (Fsp3) is 0.308. The van der Waals surface area contributed by atoms with Crippen molar-refractivity contribution in [3.8, 4) is 5.75 Å². The summed E-state index contributed by atoms with van der Waals surface area (Å²) in [6, 6.07) is 18.3. The molecular formula is C26H33FO. The predicted molar refractivity (Wildman–Crippen MR) is 119 cm³/mol. The van der Waals surface area contributed by atoms with Gasteiger partial charge in [0.2, 0.25) is 0 Å². The smallest absolute Gasteiger partial charge is 0.119 e. The second kappa shape index (κ2) is 14.4. The molecule has 0 bridgehead atoms. The van der Waals surface area contributed by atoms with Crippen LogP contribution in [0, 0.1) is 6.92 Å². The number of rotatable bonds is 4. The molecule has 1 aliphatic rings. The van der Waals surface area contributed by atoms with E-state index in [1.54, 1.807) is 6.08 Å². The first-order chi connectivity index (χ1) is 13.6. The highest BCUT2D eigenvalue weighted by atomic mass is 19.1. The van der Waals surface area contributed by atoms with Gasteiger partial charge in [0, 0.05) is 6.42 Å². The molecule has 0 unspecified atom stereocenters. The van der Waals surface area contributed by atoms with Gasteiger partial charge in [0.1, 0.15) is 18.2 Å². The summed E-state index contributed by atoms with van der Waals surface area (Å²) in [7, 11) is 0. The first kappa shape index (κ1) is 23.4. The number of hydrogen-bond donors (Lipinski definition) is 0. The molecule has 3 rings (SSSR count). The lowest BCUT2D eigenvalue weighted by Crippen LogP contribution is -1.94. The summed E-state index contributed by atoms with van der Waals surface area (Å²) in [5, 5.41) is 0. The van der Waals surface area contributed by atoms with Gasteiger partial charge in [0.15, 0.2) is 0 Å². The van der Waals surface area contributed by atoms with E-state index in [0.717, 1.165) is 18.6 Å². The van der Waals surface area contributed by atoms with Crippen LogP contribution in [0.2, 0.25) is 0 Å². The molecule has 28 heavy (non-hydrogen) atoms. The monoisotopic (exact) mass is 380 g/mol. The van der Waals surface area contributed by atoms with E-state index in [2.05, 4.69) is 38.1 Å². The average Bonchev–Trinajstić information content (AvgIpc) is 2.75. The van der Waals surface area contributed by atoms with Crippen molar-refractivity contribution in [3.05, 3.63) is 101 Å². The maximum atomic E-state index is 12.3. The van der Waals surface area contributed by atoms with E-state index in [-0.39, 0.29) is 5.83 Å². The minimum Gasteiger partial charge on any atom is -0.489 e. The number of aryl methyl sites for hydroxylation is 1. The molecule has 0 fully saturated rings. The molecule has 0 atom stereocenters. The largest absolute Gasteiger partial charge is 0.489 e. The van der Waals surface area contributed by atoms with Crippen molar-refractivity contribution in [1.29, 1.82) is 0 Å². The van der Waals surface area contributed by atoms with E-state index in [1.807, 2.05) is 62.4 Å². The van der Waals surface area contributed by atoms with Gasteiger partial charge >= 0.3 is 0 Å². The van der Waals surface area contributed by atoms with Crippen molar-refractivity contribution in [2.24, 2.45) is 0 Å². The van der Waals surface area contributed by atoms with Crippen LogP contribution in [0.25, 0.3) is 0 Å². The molecule has 2 aromatic rings. The van der Waals surface area contributed by atoms with Crippen LogP contribution in [0.1, 0.15) is 51.2 Å². The number of benzene rings is 2. The molecule has 0 N–H and O–H groups in total. The fourth-order valence-corrected chi connectivity index (χ4v) is 2.32. The highest BCUT2D eigenvalue weighted by Gasteiger charge is 2.02. The van der Waals surface area contributed by atoms with Gasteiger partial charge in [0.25, 0.3) is 0 Å². The minimum absolute atomic E-state index is 0.0206. The van der Waals surface area contributed by atoms with Gasteiger partial charge in [-0.25, -0.2) is 4.39 Å². The van der Waals surface area contributed by atoms with Crippen molar-refractivity contribution in [2.75, 3.05) is 0 Å². The van der Waals surface area contributed by atoms with Crippen LogP contribution in [0.15, 0.2) is 90.3 Å². The second-order valence-electron chi connectivity index (χ2n) is 6.55. The molecule has 0 saturated carbocycles. The van der Waals surface area contributed by atoms with Crippen molar-refractivity contribution >= 4 is 0 Å². The molecule has 150 valence electrons. The Hall–Kier alpha value is -2.61. The maximum Gasteiger partial charge on any atom is 0.119 e. The summed E-state index contributed by atoms with van der Waals surface area (Å²) in [5.41, 5.74) is 3.80. The molecule has 1 aliphatic carbocycles. The molecule has 0 heterocycles. The molecule has 1 nitrogen and oxygen atoms in total. The SMILES string of the molecule is C/C=C\C.CCC1=CC=C(F)CC1.Cc1ccc(OCc2ccccc2)cc1. The molecule has 0 radical (unpaired) electrons. The maximum absolute atomic E-state index is 12.3. The zero-order valence-electron chi connectivity index (χ0n) is 17.6. The van der Waals surface area contributed by atoms with Gasteiger partial charge < -0.3 is 4.74 Å². The lowest BCUT2D eigenvalue weighted by Gasteiger charge is -2.06. The van der Waals surface area contributed by atoms with E-state index in [0.29, 0.717) is 13.0 Å². The third-order valence-electron chi connectivity index (χ3n) is 4.24. The van der Waals surface area contributed by atoms with E-state index in [1.165, 1.54) is 16.7 Å². The van der Waals surface area contributed by atoms with Crippen molar-refractivity contribution in [2.45, 2.75) is 53.6 Å². The molecule has 2 heteroatoms. The molecule has 2 aromatic carbocycles. The normalized spacial score (nSPS) is 12.8. The van der Waals surface area contributed by atoms with Crippen LogP contribution in [-0.2, 0) is 6.61 Å². The van der Waals surface area contributed by atoms with Crippen LogP contribution >= 0.6 is 0 Å². The fourth-order valence-electron chi connectivity index (χ4n) is 2.32. The quantitative estimate of drug-likeness (QED) is 0.486. The highest BCUT2D eigenvalue weighted by Crippen LogP contribution is 2.20. The van der Waals surface area contributed by atoms with Gasteiger partial charge in [-0.05, 0) is 57.4 Å². The Kier molecular flexibility index (Phi) is 12.1. The van der Waals surface area contributed by atoms with Crippen LogP contribution in [0.5, 0.6) is 5.75 Å². The average molecular weight is 381 g/mol. The highest BCUT2D eigenvalue weighted by molar-refractivity contribution is 5.26. The standard InChI is InChI=1S/C14H14O.C8H11F.C4H8/c1-12-7-9-14(10-8-12)15-11-13-5-3-2-4-6-13;1-2-7-3-5-8(9)6-4-7;1-3-4-2/h2-10H,11H2,1H3;3,5H,2,4,6H2,1H3;3-4H,1-2H3/b;;4-3-. The second-order valence-corrected chi connectivity index (χ2v) is 6.55. The Bertz CT molecular complexity index is 736. The van der Waals surface area contributed by atoms with Crippen LogP contribution < -0.4 is 4.74 Å². The van der Waals surface area contributed by atoms with Crippen molar-refractivity contribution in [1.82, 2.24) is 0 Å². The Labute approximate surface area is 170 Å². The number of allylic oxidation sites excluding steroid dienone is 6. The Morgan fingerprint density at radius 2 is 1.54 bits per heavy atom. The predicted octanol–water partition coefficient (Wildman–Crippen LogP) is 8.13. The lowest BCUT2D eigenvalue weighted by atomic mass is 10.0. The van der Waals surface area contributed by atoms with Gasteiger partial charge in [-0.15, -0.1) is 0 Å². The van der Waals surface area contributed by atoms with Gasteiger partial charge in [-0.3, -0.25) is 0 Å². The third-order valence-corrected chi connectivity index (χ3v) is 4.24. The topological polar surface area (TPSA) is 9.23 Å². The molecule has 0 spiro atoms. The number of ether oxygens (including phenoxy) is 1. The third kappa shape index (κ3) is 10.5. The van der Waals surface area contributed by atoms with Crippen LogP contribution in [-0.4, -0.2) is 0 Å². The van der Waals surface area contributed by atoms with Crippen LogP contribution in [0.3, 0.4) is 0 Å². The van der Waals surface area contributed by atoms with Gasteiger partial charge in [-0.1, -0.05) is 78.8 Å². The summed E-state index contributed by atoms with van der Waals surface area (Å²) >= 11 is 0. The summed E-state index contributed by atoms with van der Waals surface area (Å²) in [5.74, 6) is 0.941. The molecule has 0 aliphatic heterocycles. The lowest BCUT2D eigenvalue weighted by molar-refractivity contribution is 0.306. The zero-order chi connectivity index (χ0) is 20.6. The Balaban J connectivity index is 0.000000256. The van der Waals surface area contributed by atoms with E-state index in [9.17, 15) is 4.39 Å². The van der Waals surface area contributed by atoms with E-state index < -0.39 is 0 Å².